The van der Waals surface area contributed by atoms with Crippen molar-refractivity contribution in [2.24, 2.45) is 11.8 Å². The second kappa shape index (κ2) is 5.04. The van der Waals surface area contributed by atoms with E-state index in [0.29, 0.717) is 24.0 Å². The molecule has 0 aliphatic carbocycles. The second-order valence-electron chi connectivity index (χ2n) is 4.55. The summed E-state index contributed by atoms with van der Waals surface area (Å²) in [5.74, 6) is 0.934. The predicted octanol–water partition coefficient (Wildman–Crippen LogP) is 2.16. The molecule has 0 fully saturated rings. The molecule has 2 rings (SSSR count). The van der Waals surface area contributed by atoms with Gasteiger partial charge < -0.3 is 0 Å². The number of hydrogen-bond donors (Lipinski definition) is 0. The Kier molecular flexibility index (Phi) is 3.66. The van der Waals surface area contributed by atoms with Crippen LogP contribution in [0.15, 0.2) is 29.2 Å². The van der Waals surface area contributed by atoms with Crippen molar-refractivity contribution >= 4 is 21.6 Å². The van der Waals surface area contributed by atoms with E-state index in [2.05, 4.69) is 34.9 Å². The first-order valence-electron chi connectivity index (χ1n) is 5.73. The Labute approximate surface area is 108 Å². The first-order valence-corrected chi connectivity index (χ1v) is 6.85. The molecule has 1 atom stereocenters. The van der Waals surface area contributed by atoms with E-state index in [0.717, 1.165) is 5.33 Å². The molecule has 0 bridgehead atoms. The molecule has 0 aliphatic rings. The van der Waals surface area contributed by atoms with E-state index in [1.165, 1.54) is 0 Å². The van der Waals surface area contributed by atoms with E-state index in [1.54, 1.807) is 15.3 Å². The van der Waals surface area contributed by atoms with Gasteiger partial charge in [-0.2, -0.15) is 0 Å². The summed E-state index contributed by atoms with van der Waals surface area (Å²) in [7, 11) is 0. The number of fused-ring (bicyclic) bond motifs is 1. The average Bonchev–Trinajstić information content (AvgIpc) is 2.63. The molecular weight excluding hydrogens is 282 g/mol. The molecular formula is C12H16BrN3O. The Bertz CT molecular complexity index is 558. The van der Waals surface area contributed by atoms with Gasteiger partial charge in [0.05, 0.1) is 6.54 Å². The lowest BCUT2D eigenvalue weighted by molar-refractivity contribution is 0.352. The number of rotatable bonds is 4. The van der Waals surface area contributed by atoms with Crippen molar-refractivity contribution < 1.29 is 0 Å². The Morgan fingerprint density at radius 1 is 1.41 bits per heavy atom. The third kappa shape index (κ3) is 2.44. The highest BCUT2D eigenvalue weighted by Gasteiger charge is 2.15. The first kappa shape index (κ1) is 12.4. The van der Waals surface area contributed by atoms with Crippen molar-refractivity contribution in [1.29, 1.82) is 0 Å². The van der Waals surface area contributed by atoms with Gasteiger partial charge in [0.15, 0.2) is 5.65 Å². The normalized spacial score (nSPS) is 13.4. The van der Waals surface area contributed by atoms with Gasteiger partial charge >= 0.3 is 5.69 Å². The third-order valence-corrected chi connectivity index (χ3v) is 3.87. The second-order valence-corrected chi connectivity index (χ2v) is 5.20. The number of hydrogen-bond acceptors (Lipinski definition) is 2. The Morgan fingerprint density at radius 2 is 2.18 bits per heavy atom. The molecule has 0 amide bonds. The molecule has 0 aliphatic heterocycles. The van der Waals surface area contributed by atoms with Gasteiger partial charge in [-0.3, -0.25) is 4.40 Å². The first-order chi connectivity index (χ1) is 8.13. The number of aromatic nitrogens is 3. The maximum absolute atomic E-state index is 12.1. The van der Waals surface area contributed by atoms with Crippen molar-refractivity contribution in [1.82, 2.24) is 14.2 Å². The molecule has 2 heterocycles. The molecule has 0 saturated carbocycles. The summed E-state index contributed by atoms with van der Waals surface area (Å²) in [6, 6.07) is 5.57. The summed E-state index contributed by atoms with van der Waals surface area (Å²) in [6.45, 7) is 4.98. The maximum Gasteiger partial charge on any atom is 0.350 e. The highest BCUT2D eigenvalue weighted by Crippen LogP contribution is 2.15. The lowest BCUT2D eigenvalue weighted by Gasteiger charge is -2.16. The Hall–Kier alpha value is -1.10. The summed E-state index contributed by atoms with van der Waals surface area (Å²) in [6.07, 6.45) is 1.75. The fraction of sp³-hybridized carbons (Fsp3) is 0.500. The van der Waals surface area contributed by atoms with Crippen molar-refractivity contribution in [3.63, 3.8) is 0 Å². The van der Waals surface area contributed by atoms with Gasteiger partial charge in [-0.1, -0.05) is 35.8 Å². The Morgan fingerprint density at radius 3 is 2.76 bits per heavy atom. The smallest absolute Gasteiger partial charge is 0.250 e. The summed E-state index contributed by atoms with van der Waals surface area (Å²) >= 11 is 3.49. The van der Waals surface area contributed by atoms with E-state index in [4.69, 9.17) is 0 Å². The molecule has 5 heteroatoms. The molecule has 92 valence electrons. The predicted molar refractivity (Wildman–Crippen MR) is 71.6 cm³/mol. The van der Waals surface area contributed by atoms with E-state index in [-0.39, 0.29) is 5.69 Å². The number of pyridine rings is 1. The minimum atomic E-state index is -0.0628. The minimum absolute atomic E-state index is 0.0628. The van der Waals surface area contributed by atoms with Crippen LogP contribution < -0.4 is 5.69 Å². The molecule has 0 aromatic carbocycles. The quantitative estimate of drug-likeness (QED) is 0.812. The zero-order valence-electron chi connectivity index (χ0n) is 10.0. The number of halogens is 1. The van der Waals surface area contributed by atoms with Gasteiger partial charge in [0.2, 0.25) is 0 Å². The standard InChI is InChI=1S/C12H16BrN3O/c1-9(2)10(7-13)8-16-12(17)15-6-4-3-5-11(15)14-16/h3-6,9-10H,7-8H2,1-2H3. The SMILES string of the molecule is CC(C)C(CBr)Cn1nc2ccccn2c1=O. The molecule has 4 nitrogen and oxygen atoms in total. The van der Waals surface area contributed by atoms with Crippen molar-refractivity contribution in [3.05, 3.63) is 34.9 Å². The highest BCUT2D eigenvalue weighted by molar-refractivity contribution is 9.09. The van der Waals surface area contributed by atoms with E-state index >= 15 is 0 Å². The van der Waals surface area contributed by atoms with Gasteiger partial charge in [0.25, 0.3) is 0 Å². The Balaban J connectivity index is 2.36. The molecule has 2 aromatic rings. The molecule has 17 heavy (non-hydrogen) atoms. The third-order valence-electron chi connectivity index (χ3n) is 3.04. The van der Waals surface area contributed by atoms with Gasteiger partial charge in [0, 0.05) is 11.5 Å². The average molecular weight is 298 g/mol. The van der Waals surface area contributed by atoms with Crippen molar-refractivity contribution in [2.75, 3.05) is 5.33 Å². The summed E-state index contributed by atoms with van der Waals surface area (Å²) in [5.41, 5.74) is 0.641. The molecule has 1 unspecified atom stereocenters. The zero-order valence-corrected chi connectivity index (χ0v) is 11.6. The molecule has 0 spiro atoms. The van der Waals surface area contributed by atoms with Crippen molar-refractivity contribution in [2.45, 2.75) is 20.4 Å². The van der Waals surface area contributed by atoms with Crippen LogP contribution in [0.5, 0.6) is 0 Å². The van der Waals surface area contributed by atoms with Gasteiger partial charge in [-0.25, -0.2) is 9.48 Å². The summed E-state index contributed by atoms with van der Waals surface area (Å²) < 4.78 is 3.13. The number of nitrogens with zero attached hydrogens (tertiary/aromatic N) is 3. The van der Waals surface area contributed by atoms with Gasteiger partial charge in [-0.05, 0) is 24.0 Å². The number of alkyl halides is 1. The van der Waals surface area contributed by atoms with Crippen LogP contribution in [-0.4, -0.2) is 19.5 Å². The lowest BCUT2D eigenvalue weighted by atomic mass is 9.98. The largest absolute Gasteiger partial charge is 0.350 e. The van der Waals surface area contributed by atoms with Crippen LogP contribution >= 0.6 is 15.9 Å². The monoisotopic (exact) mass is 297 g/mol. The van der Waals surface area contributed by atoms with Gasteiger partial charge in [0.1, 0.15) is 0 Å². The van der Waals surface area contributed by atoms with Crippen LogP contribution in [0.3, 0.4) is 0 Å². The summed E-state index contributed by atoms with van der Waals surface area (Å²) in [4.78, 5) is 12.1. The van der Waals surface area contributed by atoms with Crippen LogP contribution in [0, 0.1) is 11.8 Å². The molecule has 2 aromatic heterocycles. The van der Waals surface area contributed by atoms with Crippen LogP contribution in [-0.2, 0) is 6.54 Å². The van der Waals surface area contributed by atoms with E-state index < -0.39 is 0 Å². The molecule has 0 N–H and O–H groups in total. The van der Waals surface area contributed by atoms with E-state index in [1.807, 2.05) is 18.2 Å². The van der Waals surface area contributed by atoms with Crippen LogP contribution in [0.1, 0.15) is 13.8 Å². The van der Waals surface area contributed by atoms with Crippen molar-refractivity contribution in [3.8, 4) is 0 Å². The minimum Gasteiger partial charge on any atom is -0.250 e. The van der Waals surface area contributed by atoms with E-state index in [9.17, 15) is 4.79 Å². The van der Waals surface area contributed by atoms with Crippen LogP contribution in [0.25, 0.3) is 5.65 Å². The zero-order chi connectivity index (χ0) is 12.4. The van der Waals surface area contributed by atoms with Gasteiger partial charge in [-0.15, -0.1) is 5.10 Å². The molecule has 0 saturated heterocycles. The van der Waals surface area contributed by atoms with Crippen LogP contribution in [0.2, 0.25) is 0 Å². The van der Waals surface area contributed by atoms with Crippen LogP contribution in [0.4, 0.5) is 0 Å². The molecule has 0 radical (unpaired) electrons. The highest BCUT2D eigenvalue weighted by atomic mass is 79.9. The fourth-order valence-corrected chi connectivity index (χ4v) is 2.70. The lowest BCUT2D eigenvalue weighted by Crippen LogP contribution is -2.27. The summed E-state index contributed by atoms with van der Waals surface area (Å²) in [5, 5.41) is 5.21. The fourth-order valence-electron chi connectivity index (χ4n) is 1.75. The maximum atomic E-state index is 12.1. The topological polar surface area (TPSA) is 39.3 Å².